The van der Waals surface area contributed by atoms with Gasteiger partial charge < -0.3 is 10.1 Å². The number of hydrogen-bond acceptors (Lipinski definition) is 3. The maximum Gasteiger partial charge on any atom is 0.241 e. The number of benzene rings is 2. The van der Waals surface area contributed by atoms with Gasteiger partial charge >= 0.3 is 0 Å². The van der Waals surface area contributed by atoms with Gasteiger partial charge in [0.15, 0.2) is 0 Å². The number of rotatable bonds is 7. The second-order valence-electron chi connectivity index (χ2n) is 5.59. The average Bonchev–Trinajstić information content (AvgIpc) is 2.98. The first kappa shape index (κ1) is 16.2. The highest BCUT2D eigenvalue weighted by atomic mass is 16.5. The molecule has 5 heteroatoms. The summed E-state index contributed by atoms with van der Waals surface area (Å²) in [5.41, 5.74) is 2.91. The summed E-state index contributed by atoms with van der Waals surface area (Å²) in [7, 11) is 1.66. The number of nitrogens with one attached hydrogen (secondary N) is 1. The molecule has 0 saturated heterocycles. The molecule has 0 aliphatic carbocycles. The number of amides is 1. The number of carbonyl (C=O) groups excluding carboxylic acids is 1. The van der Waals surface area contributed by atoms with Crippen LogP contribution in [0.4, 0.5) is 0 Å². The van der Waals surface area contributed by atoms with E-state index in [1.165, 1.54) is 0 Å². The zero-order chi connectivity index (χ0) is 16.8. The topological polar surface area (TPSA) is 56.1 Å². The van der Waals surface area contributed by atoms with Crippen molar-refractivity contribution in [3.05, 3.63) is 54.6 Å². The summed E-state index contributed by atoms with van der Waals surface area (Å²) in [4.78, 5) is 12.2. The van der Waals surface area contributed by atoms with Crippen molar-refractivity contribution in [3.8, 4) is 11.3 Å². The van der Waals surface area contributed by atoms with Crippen LogP contribution in [0.3, 0.4) is 0 Å². The first-order valence-electron chi connectivity index (χ1n) is 8.06. The molecule has 124 valence electrons. The third-order valence-electron chi connectivity index (χ3n) is 3.85. The van der Waals surface area contributed by atoms with Crippen molar-refractivity contribution < 1.29 is 9.53 Å². The molecule has 0 fully saturated rings. The van der Waals surface area contributed by atoms with E-state index in [4.69, 9.17) is 4.74 Å². The fourth-order valence-electron chi connectivity index (χ4n) is 2.69. The maximum atomic E-state index is 12.2. The van der Waals surface area contributed by atoms with Crippen molar-refractivity contribution in [2.75, 3.05) is 20.3 Å². The molecule has 0 bridgehead atoms. The summed E-state index contributed by atoms with van der Waals surface area (Å²) < 4.78 is 6.75. The molecule has 0 aliphatic rings. The van der Waals surface area contributed by atoms with Crippen LogP contribution in [0.5, 0.6) is 0 Å². The monoisotopic (exact) mass is 323 g/mol. The van der Waals surface area contributed by atoms with Crippen molar-refractivity contribution in [2.24, 2.45) is 0 Å². The number of fused-ring (bicyclic) bond motifs is 1. The largest absolute Gasteiger partial charge is 0.385 e. The lowest BCUT2D eigenvalue weighted by Crippen LogP contribution is -2.29. The molecular formula is C19H21N3O2. The molecule has 1 heterocycles. The van der Waals surface area contributed by atoms with Crippen LogP contribution < -0.4 is 5.32 Å². The van der Waals surface area contributed by atoms with E-state index in [0.717, 1.165) is 28.6 Å². The van der Waals surface area contributed by atoms with E-state index >= 15 is 0 Å². The van der Waals surface area contributed by atoms with Gasteiger partial charge in [0.1, 0.15) is 12.2 Å². The van der Waals surface area contributed by atoms with Crippen LogP contribution in [0.25, 0.3) is 22.2 Å². The minimum Gasteiger partial charge on any atom is -0.385 e. The lowest BCUT2D eigenvalue weighted by Gasteiger charge is -2.06. The van der Waals surface area contributed by atoms with E-state index in [1.54, 1.807) is 11.8 Å². The van der Waals surface area contributed by atoms with E-state index in [-0.39, 0.29) is 12.5 Å². The van der Waals surface area contributed by atoms with Gasteiger partial charge in [-0.1, -0.05) is 48.5 Å². The Labute approximate surface area is 141 Å². The van der Waals surface area contributed by atoms with Crippen molar-refractivity contribution >= 4 is 16.8 Å². The van der Waals surface area contributed by atoms with E-state index in [2.05, 4.69) is 10.4 Å². The predicted octanol–water partition coefficient (Wildman–Crippen LogP) is 2.86. The summed E-state index contributed by atoms with van der Waals surface area (Å²) in [5.74, 6) is -0.0426. The molecule has 3 aromatic rings. The zero-order valence-corrected chi connectivity index (χ0v) is 13.7. The second-order valence-corrected chi connectivity index (χ2v) is 5.59. The lowest BCUT2D eigenvalue weighted by molar-refractivity contribution is -0.121. The molecule has 1 amide bonds. The maximum absolute atomic E-state index is 12.2. The van der Waals surface area contributed by atoms with E-state index in [0.29, 0.717) is 13.2 Å². The third kappa shape index (κ3) is 3.63. The fourth-order valence-corrected chi connectivity index (χ4v) is 2.69. The van der Waals surface area contributed by atoms with Gasteiger partial charge in [-0.25, -0.2) is 0 Å². The Bertz CT molecular complexity index is 812. The Morgan fingerprint density at radius 3 is 2.67 bits per heavy atom. The number of aromatic nitrogens is 2. The Kier molecular flexibility index (Phi) is 5.23. The van der Waals surface area contributed by atoms with Gasteiger partial charge in [-0.3, -0.25) is 9.48 Å². The summed E-state index contributed by atoms with van der Waals surface area (Å²) in [6.45, 7) is 1.46. The standard InChI is InChI=1S/C19H21N3O2/c1-24-13-7-12-20-18(23)14-22-17-11-6-5-10-16(17)19(21-22)15-8-3-2-4-9-15/h2-6,8-11H,7,12-14H2,1H3,(H,20,23). The molecule has 0 spiro atoms. The Morgan fingerprint density at radius 2 is 1.88 bits per heavy atom. The smallest absolute Gasteiger partial charge is 0.241 e. The second kappa shape index (κ2) is 7.75. The first-order valence-corrected chi connectivity index (χ1v) is 8.06. The van der Waals surface area contributed by atoms with Crippen LogP contribution >= 0.6 is 0 Å². The van der Waals surface area contributed by atoms with Crippen LogP contribution in [0.15, 0.2) is 54.6 Å². The lowest BCUT2D eigenvalue weighted by atomic mass is 10.1. The van der Waals surface area contributed by atoms with E-state index < -0.39 is 0 Å². The Balaban J connectivity index is 1.83. The number of ether oxygens (including phenoxy) is 1. The summed E-state index contributed by atoms with van der Waals surface area (Å²) in [6, 6.07) is 18.0. The zero-order valence-electron chi connectivity index (χ0n) is 13.7. The van der Waals surface area contributed by atoms with Gasteiger partial charge in [0.2, 0.25) is 5.91 Å². The average molecular weight is 323 g/mol. The highest BCUT2D eigenvalue weighted by molar-refractivity contribution is 5.94. The van der Waals surface area contributed by atoms with Gasteiger partial charge in [-0.05, 0) is 12.5 Å². The molecular weight excluding hydrogens is 302 g/mol. The molecule has 2 aromatic carbocycles. The van der Waals surface area contributed by atoms with Gasteiger partial charge in [0.25, 0.3) is 0 Å². The van der Waals surface area contributed by atoms with Crippen LogP contribution in [-0.2, 0) is 16.1 Å². The summed E-state index contributed by atoms with van der Waals surface area (Å²) in [6.07, 6.45) is 0.803. The van der Waals surface area contributed by atoms with E-state index in [9.17, 15) is 4.79 Å². The van der Waals surface area contributed by atoms with Gasteiger partial charge in [-0.2, -0.15) is 5.10 Å². The molecule has 5 nitrogen and oxygen atoms in total. The van der Waals surface area contributed by atoms with Crippen LogP contribution in [0, 0.1) is 0 Å². The molecule has 1 N–H and O–H groups in total. The van der Waals surface area contributed by atoms with Gasteiger partial charge in [-0.15, -0.1) is 0 Å². The molecule has 0 unspecified atom stereocenters. The highest BCUT2D eigenvalue weighted by Crippen LogP contribution is 2.27. The van der Waals surface area contributed by atoms with Crippen LogP contribution in [-0.4, -0.2) is 35.9 Å². The van der Waals surface area contributed by atoms with Crippen molar-refractivity contribution in [2.45, 2.75) is 13.0 Å². The predicted molar refractivity (Wildman–Crippen MR) is 94.7 cm³/mol. The van der Waals surface area contributed by atoms with Gasteiger partial charge in [0, 0.05) is 31.2 Å². The quantitative estimate of drug-likeness (QED) is 0.680. The van der Waals surface area contributed by atoms with Crippen molar-refractivity contribution in [1.82, 2.24) is 15.1 Å². The SMILES string of the molecule is COCCCNC(=O)Cn1nc(-c2ccccc2)c2ccccc21. The van der Waals surface area contributed by atoms with Crippen LogP contribution in [0.2, 0.25) is 0 Å². The molecule has 1 aromatic heterocycles. The first-order chi connectivity index (χ1) is 11.8. The minimum atomic E-state index is -0.0426. The number of methoxy groups -OCH3 is 1. The van der Waals surface area contributed by atoms with Crippen molar-refractivity contribution in [3.63, 3.8) is 0 Å². The number of para-hydroxylation sites is 1. The number of hydrogen-bond donors (Lipinski definition) is 1. The third-order valence-corrected chi connectivity index (χ3v) is 3.85. The normalized spacial score (nSPS) is 10.9. The molecule has 0 aliphatic heterocycles. The summed E-state index contributed by atoms with van der Waals surface area (Å²) >= 11 is 0. The van der Waals surface area contributed by atoms with E-state index in [1.807, 2.05) is 54.6 Å². The number of nitrogens with zero attached hydrogens (tertiary/aromatic N) is 2. The number of carbonyl (C=O) groups is 1. The fraction of sp³-hybridized carbons (Fsp3) is 0.263. The summed E-state index contributed by atoms with van der Waals surface area (Å²) in [5, 5.41) is 8.63. The molecule has 24 heavy (non-hydrogen) atoms. The van der Waals surface area contributed by atoms with Crippen LogP contribution in [0.1, 0.15) is 6.42 Å². The highest BCUT2D eigenvalue weighted by Gasteiger charge is 2.13. The van der Waals surface area contributed by atoms with Gasteiger partial charge in [0.05, 0.1) is 5.52 Å². The molecule has 0 atom stereocenters. The Morgan fingerprint density at radius 1 is 1.12 bits per heavy atom. The Hall–Kier alpha value is -2.66. The molecule has 0 radical (unpaired) electrons. The molecule has 3 rings (SSSR count). The molecule has 0 saturated carbocycles. The van der Waals surface area contributed by atoms with Crippen molar-refractivity contribution in [1.29, 1.82) is 0 Å². The minimum absolute atomic E-state index is 0.0426.